The summed E-state index contributed by atoms with van der Waals surface area (Å²) in [4.78, 5) is 63.0. The number of benzene rings is 2. The van der Waals surface area contributed by atoms with Crippen molar-refractivity contribution in [3.05, 3.63) is 71.8 Å². The largest absolute Gasteiger partial charge is 0.467 e. The molecule has 1 N–H and O–H groups in total. The van der Waals surface area contributed by atoms with Gasteiger partial charge in [0.25, 0.3) is 11.8 Å². The van der Waals surface area contributed by atoms with Gasteiger partial charge in [-0.2, -0.15) is 0 Å². The second-order valence-electron chi connectivity index (χ2n) is 8.22. The van der Waals surface area contributed by atoms with Gasteiger partial charge in [0, 0.05) is 6.92 Å². The van der Waals surface area contributed by atoms with Gasteiger partial charge >= 0.3 is 5.97 Å². The summed E-state index contributed by atoms with van der Waals surface area (Å²) in [5, 5.41) is 1.62. The third kappa shape index (κ3) is 4.44. The van der Waals surface area contributed by atoms with Crippen molar-refractivity contribution in [3.63, 3.8) is 0 Å². The first-order chi connectivity index (χ1) is 16.6. The lowest BCUT2D eigenvalue weighted by Gasteiger charge is -2.49. The lowest BCUT2D eigenvalue weighted by atomic mass is 9.99. The van der Waals surface area contributed by atoms with Crippen LogP contribution < -0.4 is 5.32 Å². The average molecular weight is 494 g/mol. The Morgan fingerprint density at radius 2 is 1.57 bits per heavy atom. The molecule has 0 aromatic heterocycles. The maximum absolute atomic E-state index is 12.7. The lowest BCUT2D eigenvalue weighted by molar-refractivity contribution is -0.161. The highest BCUT2D eigenvalue weighted by atomic mass is 32.2. The number of amides is 4. The maximum atomic E-state index is 12.7. The first-order valence-corrected chi connectivity index (χ1v) is 11.6. The molecule has 180 valence electrons. The van der Waals surface area contributed by atoms with Crippen LogP contribution in [-0.4, -0.2) is 63.4 Å². The van der Waals surface area contributed by atoms with Crippen LogP contribution in [0.5, 0.6) is 0 Å². The molecule has 1 saturated heterocycles. The molecule has 3 atom stereocenters. The van der Waals surface area contributed by atoms with Gasteiger partial charge in [0.2, 0.25) is 11.8 Å². The fraction of sp³-hybridized carbons (Fsp3) is 0.240. The third-order valence-electron chi connectivity index (χ3n) is 5.69. The summed E-state index contributed by atoms with van der Waals surface area (Å²) in [6, 6.07) is 12.7. The molecule has 0 spiro atoms. The smallest absolute Gasteiger partial charge is 0.332 e. The highest BCUT2D eigenvalue weighted by molar-refractivity contribution is 7.98. The molecule has 4 amide bonds. The van der Waals surface area contributed by atoms with Crippen molar-refractivity contribution in [2.75, 3.05) is 7.11 Å². The topological polar surface area (TPSA) is 113 Å². The summed E-state index contributed by atoms with van der Waals surface area (Å²) in [5.41, 5.74) is 3.70. The van der Waals surface area contributed by atoms with Crippen molar-refractivity contribution in [1.82, 2.24) is 14.5 Å². The normalized spacial score (nSPS) is 19.7. The van der Waals surface area contributed by atoms with Gasteiger partial charge in [-0.15, -0.1) is 0 Å². The van der Waals surface area contributed by atoms with E-state index in [0.29, 0.717) is 5.57 Å². The molecule has 4 aliphatic rings. The molecule has 3 unspecified atom stereocenters. The molecule has 0 radical (unpaired) electrons. The molecule has 2 aliphatic carbocycles. The highest BCUT2D eigenvalue weighted by Crippen LogP contribution is 2.39. The number of methoxy groups -OCH3 is 1. The van der Waals surface area contributed by atoms with E-state index >= 15 is 0 Å². The number of imide groups is 1. The van der Waals surface area contributed by atoms with E-state index in [4.69, 9.17) is 4.74 Å². The Morgan fingerprint density at radius 3 is 1.97 bits per heavy atom. The average Bonchev–Trinajstić information content (AvgIpc) is 3.36. The monoisotopic (exact) mass is 493 g/mol. The summed E-state index contributed by atoms with van der Waals surface area (Å²) >= 11 is 0.778. The standard InChI is InChI=1S/C19H19N3O6S.C6H4/c1-9(2)14(19(27)28-4)21-17(26)13(20-10(3)23)18(21)29-22-15(24)11-7-5-6-8-12(11)16(22)25;1-2-5-4-6(5)3-1/h5-8,13-14,18H,1H2,2-4H3,(H,20,23);1-4H. The molecule has 1 fully saturated rings. The minimum absolute atomic E-state index is 0.252. The molecule has 2 aliphatic heterocycles. The number of hydrogen-bond acceptors (Lipinski definition) is 7. The quantitative estimate of drug-likeness (QED) is 0.184. The van der Waals surface area contributed by atoms with Crippen molar-refractivity contribution in [2.24, 2.45) is 0 Å². The Balaban J connectivity index is 0.000000411. The van der Waals surface area contributed by atoms with Crippen LogP contribution in [0, 0.1) is 0 Å². The minimum atomic E-state index is -1.11. The summed E-state index contributed by atoms with van der Waals surface area (Å²) in [7, 11) is 1.18. The Hall–Kier alpha value is -3.92. The lowest BCUT2D eigenvalue weighted by Crippen LogP contribution is -2.73. The summed E-state index contributed by atoms with van der Waals surface area (Å²) in [6.07, 6.45) is 0. The van der Waals surface area contributed by atoms with Gasteiger partial charge in [0.15, 0.2) is 6.04 Å². The van der Waals surface area contributed by atoms with E-state index in [1.807, 2.05) is 0 Å². The van der Waals surface area contributed by atoms with Gasteiger partial charge in [0.1, 0.15) is 11.4 Å². The van der Waals surface area contributed by atoms with E-state index in [0.717, 1.165) is 16.3 Å². The van der Waals surface area contributed by atoms with E-state index in [9.17, 15) is 24.0 Å². The molecule has 2 heterocycles. The van der Waals surface area contributed by atoms with Crippen LogP contribution in [0.1, 0.15) is 34.6 Å². The van der Waals surface area contributed by atoms with Gasteiger partial charge < -0.3 is 15.0 Å². The molecule has 1 aromatic rings. The van der Waals surface area contributed by atoms with Crippen LogP contribution in [0.15, 0.2) is 60.7 Å². The van der Waals surface area contributed by atoms with E-state index in [-0.39, 0.29) is 11.1 Å². The Kier molecular flexibility index (Phi) is 6.49. The van der Waals surface area contributed by atoms with E-state index in [1.54, 1.807) is 19.1 Å². The number of carbonyl (C=O) groups excluding carboxylic acids is 5. The fourth-order valence-corrected chi connectivity index (χ4v) is 5.17. The zero-order chi connectivity index (χ0) is 25.4. The Labute approximate surface area is 206 Å². The number of β-lactam (4-membered cyclic amide) rings is 1. The van der Waals surface area contributed by atoms with Gasteiger partial charge in [-0.1, -0.05) is 36.9 Å². The predicted molar refractivity (Wildman–Crippen MR) is 129 cm³/mol. The molecule has 10 heteroatoms. The maximum Gasteiger partial charge on any atom is 0.332 e. The van der Waals surface area contributed by atoms with Gasteiger partial charge in [-0.3, -0.25) is 19.2 Å². The zero-order valence-corrected chi connectivity index (χ0v) is 20.1. The van der Waals surface area contributed by atoms with Crippen molar-refractivity contribution in [2.45, 2.75) is 31.3 Å². The van der Waals surface area contributed by atoms with E-state index in [2.05, 4.69) is 36.2 Å². The van der Waals surface area contributed by atoms with Crippen molar-refractivity contribution in [1.29, 1.82) is 0 Å². The molecule has 0 bridgehead atoms. The number of nitrogens with zero attached hydrogens (tertiary/aromatic N) is 2. The number of rotatable bonds is 6. The van der Waals surface area contributed by atoms with Crippen LogP contribution in [0.4, 0.5) is 0 Å². The highest BCUT2D eigenvalue weighted by Gasteiger charge is 2.56. The molecular weight excluding hydrogens is 470 g/mol. The third-order valence-corrected chi connectivity index (χ3v) is 6.95. The second kappa shape index (κ2) is 9.38. The molecule has 35 heavy (non-hydrogen) atoms. The minimum Gasteiger partial charge on any atom is -0.467 e. The predicted octanol–water partition coefficient (Wildman–Crippen LogP) is 2.39. The Bertz CT molecular complexity index is 1220. The van der Waals surface area contributed by atoms with E-state index in [1.165, 1.54) is 42.2 Å². The van der Waals surface area contributed by atoms with Crippen LogP contribution in [-0.2, 0) is 19.1 Å². The Morgan fingerprint density at radius 1 is 1.00 bits per heavy atom. The number of esters is 1. The molecule has 9 nitrogen and oxygen atoms in total. The number of carbonyl (C=O) groups is 5. The SMILES string of the molecule is C=C(C)C(C(=O)OC)N1C(=O)C(NC(C)=O)C1SN1C(=O)c2ccccc2C1=O.c1cc2cc-2c1. The summed E-state index contributed by atoms with van der Waals surface area (Å²) in [6.45, 7) is 6.54. The van der Waals surface area contributed by atoms with Crippen LogP contribution in [0.2, 0.25) is 0 Å². The number of nitrogens with one attached hydrogen (secondary N) is 1. The number of ether oxygens (including phenoxy) is 1. The van der Waals surface area contributed by atoms with Gasteiger partial charge in [0.05, 0.1) is 18.2 Å². The first kappa shape index (κ1) is 24.2. The van der Waals surface area contributed by atoms with Crippen molar-refractivity contribution in [3.8, 4) is 11.1 Å². The van der Waals surface area contributed by atoms with Gasteiger partial charge in [-0.25, -0.2) is 9.10 Å². The summed E-state index contributed by atoms with van der Waals surface area (Å²) in [5.74, 6) is -2.75. The second-order valence-corrected chi connectivity index (χ2v) is 9.28. The molecule has 5 rings (SSSR count). The van der Waals surface area contributed by atoms with Crippen molar-refractivity contribution < 1.29 is 28.7 Å². The van der Waals surface area contributed by atoms with Crippen LogP contribution in [0.3, 0.4) is 0 Å². The van der Waals surface area contributed by atoms with E-state index < -0.39 is 47.1 Å². The number of fused-ring (bicyclic) bond motifs is 2. The van der Waals surface area contributed by atoms with Crippen LogP contribution in [0.25, 0.3) is 11.1 Å². The number of likely N-dealkylation sites (tertiary alicyclic amines) is 1. The first-order valence-electron chi connectivity index (χ1n) is 10.7. The molecular formula is C25H23N3O6S. The van der Waals surface area contributed by atoms with Crippen LogP contribution >= 0.6 is 11.9 Å². The van der Waals surface area contributed by atoms with Gasteiger partial charge in [-0.05, 0) is 53.8 Å². The number of hydrogen-bond donors (Lipinski definition) is 1. The van der Waals surface area contributed by atoms with Crippen molar-refractivity contribution >= 4 is 41.5 Å². The fourth-order valence-electron chi connectivity index (χ4n) is 3.93. The molecule has 0 saturated carbocycles. The zero-order valence-electron chi connectivity index (χ0n) is 19.3. The summed E-state index contributed by atoms with van der Waals surface area (Å²) < 4.78 is 5.71. The molecule has 1 aromatic carbocycles.